The van der Waals surface area contributed by atoms with E-state index in [0.29, 0.717) is 5.92 Å². The van der Waals surface area contributed by atoms with E-state index in [1.54, 1.807) is 0 Å². The summed E-state index contributed by atoms with van der Waals surface area (Å²) < 4.78 is 28.0. The Labute approximate surface area is 106 Å². The molecule has 1 aliphatic rings. The number of hydrogen-bond donors (Lipinski definition) is 2. The summed E-state index contributed by atoms with van der Waals surface area (Å²) in [6.45, 7) is 1.83. The second-order valence-corrected chi connectivity index (χ2v) is 6.44. The zero-order chi connectivity index (χ0) is 13.5. The van der Waals surface area contributed by atoms with E-state index < -0.39 is 16.0 Å². The molecule has 1 heterocycles. The van der Waals surface area contributed by atoms with Crippen LogP contribution in [0, 0.1) is 5.92 Å². The molecule has 0 aliphatic heterocycles. The molecule has 1 unspecified atom stereocenters. The van der Waals surface area contributed by atoms with Crippen LogP contribution in [0.4, 0.5) is 0 Å². The van der Waals surface area contributed by atoms with Gasteiger partial charge in [0, 0.05) is 19.3 Å². The first-order valence-corrected chi connectivity index (χ1v) is 7.21. The molecule has 1 aromatic rings. The predicted octanol–water partition coefficient (Wildman–Crippen LogP) is 0.800. The van der Waals surface area contributed by atoms with E-state index >= 15 is 0 Å². The first kappa shape index (κ1) is 13.1. The molecule has 2 rings (SSSR count). The average Bonchev–Trinajstić information content (AvgIpc) is 3.00. The summed E-state index contributed by atoms with van der Waals surface area (Å²) in [5.74, 6) is -0.739. The third-order valence-electron chi connectivity index (χ3n) is 3.18. The molecule has 1 saturated carbocycles. The third kappa shape index (κ3) is 2.56. The number of carboxylic acid groups (broad SMARTS) is 1. The molecular formula is C11H16N2O4S. The van der Waals surface area contributed by atoms with E-state index in [1.807, 2.05) is 6.92 Å². The van der Waals surface area contributed by atoms with Gasteiger partial charge in [0.25, 0.3) is 0 Å². The van der Waals surface area contributed by atoms with Gasteiger partial charge in [-0.3, -0.25) is 0 Å². The summed E-state index contributed by atoms with van der Waals surface area (Å²) >= 11 is 0. The maximum absolute atomic E-state index is 12.0. The van der Waals surface area contributed by atoms with Crippen molar-refractivity contribution in [2.75, 3.05) is 0 Å². The molecule has 2 N–H and O–H groups in total. The number of aromatic nitrogens is 1. The molecule has 100 valence electrons. The number of aryl methyl sites for hydroxylation is 1. The van der Waals surface area contributed by atoms with Gasteiger partial charge in [0.15, 0.2) is 0 Å². The van der Waals surface area contributed by atoms with Crippen LogP contribution in [0.5, 0.6) is 0 Å². The van der Waals surface area contributed by atoms with Gasteiger partial charge >= 0.3 is 5.97 Å². The largest absolute Gasteiger partial charge is 0.477 e. The van der Waals surface area contributed by atoms with Crippen molar-refractivity contribution in [1.82, 2.24) is 9.29 Å². The third-order valence-corrected chi connectivity index (χ3v) is 4.71. The van der Waals surface area contributed by atoms with Crippen LogP contribution >= 0.6 is 0 Å². The van der Waals surface area contributed by atoms with Gasteiger partial charge in [0.05, 0.1) is 0 Å². The average molecular weight is 272 g/mol. The molecule has 1 atom stereocenters. The highest BCUT2D eigenvalue weighted by Crippen LogP contribution is 2.33. The number of sulfonamides is 1. The maximum atomic E-state index is 12.0. The van der Waals surface area contributed by atoms with Crippen LogP contribution in [0.2, 0.25) is 0 Å². The van der Waals surface area contributed by atoms with Crippen LogP contribution in [0.3, 0.4) is 0 Å². The van der Waals surface area contributed by atoms with Crippen LogP contribution in [0.1, 0.15) is 30.3 Å². The van der Waals surface area contributed by atoms with Crippen molar-refractivity contribution in [3.8, 4) is 0 Å². The Hall–Kier alpha value is -1.34. The van der Waals surface area contributed by atoms with Gasteiger partial charge in [0.1, 0.15) is 10.6 Å². The second-order valence-electron chi connectivity index (χ2n) is 4.72. The quantitative estimate of drug-likeness (QED) is 0.829. The van der Waals surface area contributed by atoms with Crippen molar-refractivity contribution in [2.24, 2.45) is 13.0 Å². The summed E-state index contributed by atoms with van der Waals surface area (Å²) in [5.41, 5.74) is -0.0468. The molecular weight excluding hydrogens is 256 g/mol. The van der Waals surface area contributed by atoms with Gasteiger partial charge in [-0.25, -0.2) is 17.9 Å². The van der Waals surface area contributed by atoms with Crippen molar-refractivity contribution in [1.29, 1.82) is 0 Å². The number of rotatable bonds is 5. The van der Waals surface area contributed by atoms with Crippen molar-refractivity contribution in [3.05, 3.63) is 18.0 Å². The number of aromatic carboxylic acids is 1. The van der Waals surface area contributed by atoms with Gasteiger partial charge in [-0.15, -0.1) is 0 Å². The molecule has 1 aromatic heterocycles. The van der Waals surface area contributed by atoms with Gasteiger partial charge in [-0.1, -0.05) is 0 Å². The Kier molecular flexibility index (Phi) is 3.20. The maximum Gasteiger partial charge on any atom is 0.352 e. The SMILES string of the molecule is CC(NS(=O)(=O)c1cc(C(=O)O)n(C)c1)C1CC1. The van der Waals surface area contributed by atoms with E-state index in [4.69, 9.17) is 5.11 Å². The summed E-state index contributed by atoms with van der Waals surface area (Å²) in [5, 5.41) is 8.89. The Morgan fingerprint density at radius 3 is 2.61 bits per heavy atom. The molecule has 18 heavy (non-hydrogen) atoms. The minimum Gasteiger partial charge on any atom is -0.477 e. The van der Waals surface area contributed by atoms with Gasteiger partial charge < -0.3 is 9.67 Å². The van der Waals surface area contributed by atoms with Gasteiger partial charge in [0.2, 0.25) is 10.0 Å². The highest BCUT2D eigenvalue weighted by molar-refractivity contribution is 7.89. The summed E-state index contributed by atoms with van der Waals surface area (Å²) in [6, 6.07) is 1.06. The first-order chi connectivity index (χ1) is 8.31. The lowest BCUT2D eigenvalue weighted by atomic mass is 10.2. The zero-order valence-electron chi connectivity index (χ0n) is 10.3. The Balaban J connectivity index is 2.23. The summed E-state index contributed by atoms with van der Waals surface area (Å²) in [4.78, 5) is 10.9. The predicted molar refractivity (Wildman–Crippen MR) is 64.9 cm³/mol. The lowest BCUT2D eigenvalue weighted by molar-refractivity contribution is 0.0686. The Morgan fingerprint density at radius 2 is 2.17 bits per heavy atom. The highest BCUT2D eigenvalue weighted by atomic mass is 32.2. The van der Waals surface area contributed by atoms with Crippen molar-refractivity contribution >= 4 is 16.0 Å². The smallest absolute Gasteiger partial charge is 0.352 e. The summed E-state index contributed by atoms with van der Waals surface area (Å²) in [7, 11) is -2.13. The standard InChI is InChI=1S/C11H16N2O4S/c1-7(8-3-4-8)12-18(16,17)9-5-10(11(14)15)13(2)6-9/h5-8,12H,3-4H2,1-2H3,(H,14,15). The van der Waals surface area contributed by atoms with Crippen LogP contribution in [0.15, 0.2) is 17.2 Å². The van der Waals surface area contributed by atoms with E-state index in [0.717, 1.165) is 12.8 Å². The van der Waals surface area contributed by atoms with Crippen molar-refractivity contribution in [3.63, 3.8) is 0 Å². The molecule has 0 spiro atoms. The fourth-order valence-corrected chi connectivity index (χ4v) is 3.28. The monoisotopic (exact) mass is 272 g/mol. The summed E-state index contributed by atoms with van der Waals surface area (Å²) in [6.07, 6.45) is 3.39. The van der Waals surface area contributed by atoms with Crippen LogP contribution in [-0.4, -0.2) is 30.1 Å². The molecule has 0 saturated heterocycles. The molecule has 1 fully saturated rings. The molecule has 6 nitrogen and oxygen atoms in total. The van der Waals surface area contributed by atoms with E-state index in [9.17, 15) is 13.2 Å². The van der Waals surface area contributed by atoms with Crippen molar-refractivity contribution in [2.45, 2.75) is 30.7 Å². The van der Waals surface area contributed by atoms with E-state index in [-0.39, 0.29) is 16.6 Å². The molecule has 0 radical (unpaired) electrons. The molecule has 0 bridgehead atoms. The lowest BCUT2D eigenvalue weighted by Gasteiger charge is -2.11. The lowest BCUT2D eigenvalue weighted by Crippen LogP contribution is -2.33. The minimum absolute atomic E-state index is 0.00472. The molecule has 1 aliphatic carbocycles. The first-order valence-electron chi connectivity index (χ1n) is 5.73. The zero-order valence-corrected chi connectivity index (χ0v) is 11.1. The number of carbonyl (C=O) groups is 1. The van der Waals surface area contributed by atoms with Crippen LogP contribution < -0.4 is 4.72 Å². The van der Waals surface area contributed by atoms with Crippen LogP contribution in [0.25, 0.3) is 0 Å². The fourth-order valence-electron chi connectivity index (χ4n) is 1.90. The Morgan fingerprint density at radius 1 is 1.56 bits per heavy atom. The topological polar surface area (TPSA) is 88.4 Å². The minimum atomic E-state index is -3.63. The number of nitrogens with zero attached hydrogens (tertiary/aromatic N) is 1. The molecule has 7 heteroatoms. The number of nitrogens with one attached hydrogen (secondary N) is 1. The molecule has 0 amide bonds. The second kappa shape index (κ2) is 4.40. The fraction of sp³-hybridized carbons (Fsp3) is 0.545. The number of carboxylic acids is 1. The van der Waals surface area contributed by atoms with E-state index in [1.165, 1.54) is 23.9 Å². The highest BCUT2D eigenvalue weighted by Gasteiger charge is 2.31. The Bertz CT molecular complexity index is 572. The van der Waals surface area contributed by atoms with E-state index in [2.05, 4.69) is 4.72 Å². The number of hydrogen-bond acceptors (Lipinski definition) is 3. The van der Waals surface area contributed by atoms with Gasteiger partial charge in [-0.2, -0.15) is 0 Å². The molecule has 0 aromatic carbocycles. The van der Waals surface area contributed by atoms with Crippen LogP contribution in [-0.2, 0) is 17.1 Å². The van der Waals surface area contributed by atoms with Crippen molar-refractivity contribution < 1.29 is 18.3 Å². The normalized spacial score (nSPS) is 17.7. The van der Waals surface area contributed by atoms with Gasteiger partial charge in [-0.05, 0) is 31.7 Å².